The summed E-state index contributed by atoms with van der Waals surface area (Å²) in [6.45, 7) is 6.74. The molecule has 1 heteroatoms. The third-order valence-electron chi connectivity index (χ3n) is 2.98. The molecule has 0 aromatic heterocycles. The Morgan fingerprint density at radius 3 is 2.45 bits per heavy atom. The van der Waals surface area contributed by atoms with Gasteiger partial charge in [-0.3, -0.25) is 4.99 Å². The Morgan fingerprint density at radius 2 is 2.09 bits per heavy atom. The highest BCUT2D eigenvalue weighted by Gasteiger charge is 2.27. The highest BCUT2D eigenvalue weighted by atomic mass is 14.9. The molecule has 1 nitrogen and oxygen atoms in total. The quantitative estimate of drug-likeness (QED) is 0.578. The fourth-order valence-electron chi connectivity index (χ4n) is 1.71. The van der Waals surface area contributed by atoms with E-state index in [4.69, 9.17) is 0 Å². The largest absolute Gasteiger partial charge is 0.291 e. The Labute approximate surface area is 69.9 Å². The van der Waals surface area contributed by atoms with Crippen LogP contribution in [0.4, 0.5) is 0 Å². The molecule has 0 N–H and O–H groups in total. The van der Waals surface area contributed by atoms with Crippen LogP contribution in [-0.4, -0.2) is 11.8 Å². The summed E-state index contributed by atoms with van der Waals surface area (Å²) >= 11 is 0. The summed E-state index contributed by atoms with van der Waals surface area (Å²) in [4.78, 5) is 4.65. The van der Waals surface area contributed by atoms with E-state index in [2.05, 4.69) is 32.0 Å². The van der Waals surface area contributed by atoms with Gasteiger partial charge in [-0.2, -0.15) is 0 Å². The molecule has 0 bridgehead atoms. The second-order valence-corrected chi connectivity index (χ2v) is 3.73. The van der Waals surface area contributed by atoms with E-state index >= 15 is 0 Å². The minimum absolute atomic E-state index is 0.312. The second kappa shape index (κ2) is 3.38. The molecule has 0 amide bonds. The number of aliphatic imine (C=N–C) groups is 1. The van der Waals surface area contributed by atoms with Gasteiger partial charge in [0.15, 0.2) is 0 Å². The van der Waals surface area contributed by atoms with E-state index in [0.717, 1.165) is 0 Å². The molecule has 1 unspecified atom stereocenters. The molecule has 0 saturated heterocycles. The molecule has 1 heterocycles. The first kappa shape index (κ1) is 8.76. The van der Waals surface area contributed by atoms with Crippen molar-refractivity contribution in [2.24, 2.45) is 10.9 Å². The predicted octanol–water partition coefficient (Wildman–Crippen LogP) is 3.05. The number of nitrogens with zero attached hydrogens (tertiary/aromatic N) is 1. The minimum atomic E-state index is 0.312. The molecule has 1 rings (SSSR count). The summed E-state index contributed by atoms with van der Waals surface area (Å²) in [6, 6.07) is 0. The van der Waals surface area contributed by atoms with E-state index in [-0.39, 0.29) is 0 Å². The van der Waals surface area contributed by atoms with Crippen LogP contribution in [0, 0.1) is 5.92 Å². The van der Waals surface area contributed by atoms with Gasteiger partial charge in [-0.25, -0.2) is 0 Å². The Kier molecular flexibility index (Phi) is 2.69. The van der Waals surface area contributed by atoms with Gasteiger partial charge in [0.2, 0.25) is 0 Å². The summed E-state index contributed by atoms with van der Waals surface area (Å²) in [5, 5.41) is 0. The predicted molar refractivity (Wildman–Crippen MR) is 50.2 cm³/mol. The van der Waals surface area contributed by atoms with Crippen LogP contribution in [0.1, 0.15) is 46.5 Å². The molecular formula is C10H19N. The zero-order valence-corrected chi connectivity index (χ0v) is 7.93. The molecule has 1 aliphatic rings. The van der Waals surface area contributed by atoms with Crippen LogP contribution in [0.25, 0.3) is 0 Å². The molecule has 11 heavy (non-hydrogen) atoms. The van der Waals surface area contributed by atoms with Gasteiger partial charge >= 0.3 is 0 Å². The average molecular weight is 153 g/mol. The van der Waals surface area contributed by atoms with Crippen LogP contribution in [0.5, 0.6) is 0 Å². The summed E-state index contributed by atoms with van der Waals surface area (Å²) in [5.74, 6) is 0.709. The average Bonchev–Trinajstić information content (AvgIpc) is 2.07. The summed E-state index contributed by atoms with van der Waals surface area (Å²) in [6.07, 6.45) is 7.17. The summed E-state index contributed by atoms with van der Waals surface area (Å²) in [5.41, 5.74) is 0.312. The minimum Gasteiger partial charge on any atom is -0.291 e. The Hall–Kier alpha value is -0.330. The van der Waals surface area contributed by atoms with Crippen molar-refractivity contribution >= 4 is 6.21 Å². The maximum absolute atomic E-state index is 4.65. The van der Waals surface area contributed by atoms with Crippen molar-refractivity contribution in [3.05, 3.63) is 0 Å². The number of rotatable bonds is 2. The lowest BCUT2D eigenvalue weighted by atomic mass is 9.83. The third kappa shape index (κ3) is 1.82. The molecule has 0 saturated carbocycles. The first-order valence-electron chi connectivity index (χ1n) is 4.78. The zero-order chi connectivity index (χ0) is 8.32. The lowest BCUT2D eigenvalue weighted by Gasteiger charge is -2.32. The lowest BCUT2D eigenvalue weighted by Crippen LogP contribution is -2.29. The van der Waals surface area contributed by atoms with Crippen molar-refractivity contribution in [3.8, 4) is 0 Å². The molecule has 0 aromatic carbocycles. The third-order valence-corrected chi connectivity index (χ3v) is 2.98. The Balaban J connectivity index is 2.65. The highest BCUT2D eigenvalue weighted by molar-refractivity contribution is 5.61. The zero-order valence-electron chi connectivity index (χ0n) is 7.93. The molecule has 0 radical (unpaired) electrons. The fourth-order valence-corrected chi connectivity index (χ4v) is 1.71. The normalized spacial score (nSPS) is 28.8. The lowest BCUT2D eigenvalue weighted by molar-refractivity contribution is 0.333. The van der Waals surface area contributed by atoms with E-state index in [9.17, 15) is 0 Å². The Morgan fingerprint density at radius 1 is 1.45 bits per heavy atom. The molecule has 64 valence electrons. The monoisotopic (exact) mass is 153 g/mol. The van der Waals surface area contributed by atoms with Crippen LogP contribution < -0.4 is 0 Å². The van der Waals surface area contributed by atoms with E-state index in [1.54, 1.807) is 0 Å². The Bertz CT molecular complexity index is 145. The van der Waals surface area contributed by atoms with Gasteiger partial charge in [0.05, 0.1) is 5.54 Å². The van der Waals surface area contributed by atoms with Crippen LogP contribution >= 0.6 is 0 Å². The fraction of sp³-hybridized carbons (Fsp3) is 0.900. The highest BCUT2D eigenvalue weighted by Crippen LogP contribution is 2.31. The first-order chi connectivity index (χ1) is 5.22. The van der Waals surface area contributed by atoms with E-state index in [0.29, 0.717) is 11.5 Å². The van der Waals surface area contributed by atoms with Gasteiger partial charge in [-0.15, -0.1) is 0 Å². The maximum Gasteiger partial charge on any atom is 0.0599 e. The van der Waals surface area contributed by atoms with Gasteiger partial charge in [0.25, 0.3) is 0 Å². The molecule has 1 aliphatic heterocycles. The van der Waals surface area contributed by atoms with E-state index < -0.39 is 0 Å². The maximum atomic E-state index is 4.65. The van der Waals surface area contributed by atoms with Crippen molar-refractivity contribution in [2.45, 2.75) is 52.0 Å². The van der Waals surface area contributed by atoms with Crippen molar-refractivity contribution in [1.82, 2.24) is 0 Å². The summed E-state index contributed by atoms with van der Waals surface area (Å²) in [7, 11) is 0. The van der Waals surface area contributed by atoms with Crippen molar-refractivity contribution < 1.29 is 0 Å². The summed E-state index contributed by atoms with van der Waals surface area (Å²) < 4.78 is 0. The van der Waals surface area contributed by atoms with Gasteiger partial charge in [-0.1, -0.05) is 20.8 Å². The molecule has 1 atom stereocenters. The van der Waals surface area contributed by atoms with Gasteiger partial charge in [0.1, 0.15) is 0 Å². The standard InChI is InChI=1S/C10H19N/c1-4-10(5-2)7-6-9(3)8-11-10/h8-9H,4-7H2,1-3H3. The van der Waals surface area contributed by atoms with E-state index in [1.165, 1.54) is 25.7 Å². The van der Waals surface area contributed by atoms with Crippen molar-refractivity contribution in [3.63, 3.8) is 0 Å². The molecule has 0 aromatic rings. The second-order valence-electron chi connectivity index (χ2n) is 3.73. The molecular weight excluding hydrogens is 134 g/mol. The molecule has 0 fully saturated rings. The molecule has 0 spiro atoms. The topological polar surface area (TPSA) is 12.4 Å². The molecule has 0 aliphatic carbocycles. The van der Waals surface area contributed by atoms with Crippen molar-refractivity contribution in [1.29, 1.82) is 0 Å². The number of hydrogen-bond donors (Lipinski definition) is 0. The first-order valence-corrected chi connectivity index (χ1v) is 4.78. The van der Waals surface area contributed by atoms with Crippen LogP contribution in [0.15, 0.2) is 4.99 Å². The van der Waals surface area contributed by atoms with Gasteiger partial charge in [0, 0.05) is 6.21 Å². The van der Waals surface area contributed by atoms with Gasteiger partial charge in [-0.05, 0) is 31.6 Å². The number of hydrogen-bond acceptors (Lipinski definition) is 1. The van der Waals surface area contributed by atoms with Crippen LogP contribution in [0.3, 0.4) is 0 Å². The van der Waals surface area contributed by atoms with Crippen molar-refractivity contribution in [2.75, 3.05) is 0 Å². The van der Waals surface area contributed by atoms with Gasteiger partial charge < -0.3 is 0 Å². The SMILES string of the molecule is CCC1(CC)CCC(C)C=N1. The smallest absolute Gasteiger partial charge is 0.0599 e. The van der Waals surface area contributed by atoms with Crippen LogP contribution in [-0.2, 0) is 0 Å². The van der Waals surface area contributed by atoms with Crippen LogP contribution in [0.2, 0.25) is 0 Å². The van der Waals surface area contributed by atoms with E-state index in [1.807, 2.05) is 0 Å².